The van der Waals surface area contributed by atoms with Crippen molar-refractivity contribution in [3.8, 4) is 11.8 Å². The first kappa shape index (κ1) is 27.1. The highest BCUT2D eigenvalue weighted by atomic mass is 16.1. The van der Waals surface area contributed by atoms with Crippen LogP contribution in [0.3, 0.4) is 0 Å². The predicted molar refractivity (Wildman–Crippen MR) is 152 cm³/mol. The fourth-order valence-electron chi connectivity index (χ4n) is 6.10. The second-order valence-corrected chi connectivity index (χ2v) is 11.5. The van der Waals surface area contributed by atoms with Crippen molar-refractivity contribution >= 4 is 29.1 Å². The van der Waals surface area contributed by atoms with Crippen LogP contribution in [0.2, 0.25) is 0 Å². The summed E-state index contributed by atoms with van der Waals surface area (Å²) in [6.45, 7) is 9.18. The van der Waals surface area contributed by atoms with Gasteiger partial charge in [-0.25, -0.2) is 0 Å². The number of primary amides is 1. The molecule has 0 bridgehead atoms. The molecule has 2 atom stereocenters. The Labute approximate surface area is 230 Å². The molecule has 5 rings (SSSR count). The number of piperidine rings is 2. The second-order valence-electron chi connectivity index (χ2n) is 11.5. The molecule has 1 aromatic heterocycles. The van der Waals surface area contributed by atoms with Gasteiger partial charge in [0.05, 0.1) is 0 Å². The third kappa shape index (κ3) is 6.06. The third-order valence-corrected chi connectivity index (χ3v) is 8.84. The van der Waals surface area contributed by atoms with Crippen LogP contribution in [0.15, 0.2) is 24.3 Å². The van der Waals surface area contributed by atoms with Gasteiger partial charge in [-0.2, -0.15) is 4.98 Å². The van der Waals surface area contributed by atoms with Crippen LogP contribution >= 0.6 is 0 Å². The number of carbonyl (C=O) groups is 2. The molecule has 3 heterocycles. The maximum absolute atomic E-state index is 12.2. The van der Waals surface area contributed by atoms with Crippen molar-refractivity contribution in [3.63, 3.8) is 0 Å². The molecule has 9 nitrogen and oxygen atoms in total. The zero-order valence-corrected chi connectivity index (χ0v) is 23.2. The first-order valence-corrected chi connectivity index (χ1v) is 14.2. The van der Waals surface area contributed by atoms with E-state index in [1.165, 1.54) is 18.4 Å². The number of aromatic nitrogens is 3. The molecule has 3 N–H and O–H groups in total. The Hall–Kier alpha value is -3.51. The smallest absolute Gasteiger partial charge is 0.273 e. The summed E-state index contributed by atoms with van der Waals surface area (Å²) in [7, 11) is 0. The lowest BCUT2D eigenvalue weighted by Gasteiger charge is -2.40. The number of anilines is 3. The highest BCUT2D eigenvalue weighted by Gasteiger charge is 2.37. The van der Waals surface area contributed by atoms with Crippen LogP contribution in [0, 0.1) is 17.8 Å². The lowest BCUT2D eigenvalue weighted by Crippen LogP contribution is -2.45. The molecule has 39 heavy (non-hydrogen) atoms. The molecular formula is C30H39N7O2. The Morgan fingerprint density at radius 2 is 1.82 bits per heavy atom. The summed E-state index contributed by atoms with van der Waals surface area (Å²) in [5, 5.41) is 11.6. The number of hydrogen-bond donors (Lipinski definition) is 2. The molecule has 3 fully saturated rings. The van der Waals surface area contributed by atoms with Crippen LogP contribution in [0.1, 0.15) is 81.8 Å². The largest absolute Gasteiger partial charge is 0.364 e. The Kier molecular flexibility index (Phi) is 7.85. The summed E-state index contributed by atoms with van der Waals surface area (Å²) in [4.78, 5) is 33.7. The highest BCUT2D eigenvalue weighted by Crippen LogP contribution is 2.39. The molecule has 1 aliphatic carbocycles. The lowest BCUT2D eigenvalue weighted by atomic mass is 9.74. The molecule has 1 saturated carbocycles. The Bertz CT molecular complexity index is 1270. The fourth-order valence-corrected chi connectivity index (χ4v) is 6.10. The van der Waals surface area contributed by atoms with Crippen molar-refractivity contribution in [2.45, 2.75) is 83.2 Å². The van der Waals surface area contributed by atoms with Crippen molar-refractivity contribution in [2.75, 3.05) is 29.9 Å². The Balaban J connectivity index is 1.31. The van der Waals surface area contributed by atoms with E-state index in [2.05, 4.69) is 63.1 Å². The Morgan fingerprint density at radius 1 is 1.10 bits per heavy atom. The van der Waals surface area contributed by atoms with E-state index in [1.807, 2.05) is 12.1 Å². The molecule has 0 unspecified atom stereocenters. The zero-order valence-electron chi connectivity index (χ0n) is 23.2. The molecule has 1 aromatic carbocycles. The summed E-state index contributed by atoms with van der Waals surface area (Å²) in [5.74, 6) is 5.45. The number of ketones is 1. The maximum atomic E-state index is 12.2. The topological polar surface area (TPSA) is 117 Å². The number of amides is 1. The van der Waals surface area contributed by atoms with E-state index in [0.717, 1.165) is 57.0 Å². The first-order valence-electron chi connectivity index (χ1n) is 14.2. The van der Waals surface area contributed by atoms with Crippen molar-refractivity contribution in [1.29, 1.82) is 0 Å². The molecule has 2 aromatic rings. The van der Waals surface area contributed by atoms with Crippen LogP contribution in [0.4, 0.5) is 17.5 Å². The normalized spacial score (nSPS) is 23.0. The van der Waals surface area contributed by atoms with Gasteiger partial charge >= 0.3 is 0 Å². The van der Waals surface area contributed by atoms with Gasteiger partial charge in [0.25, 0.3) is 5.91 Å². The lowest BCUT2D eigenvalue weighted by molar-refractivity contribution is -0.114. The minimum absolute atomic E-state index is 0.00292. The van der Waals surface area contributed by atoms with E-state index in [0.29, 0.717) is 12.4 Å². The standard InChI is InChI=1S/C30H39N7O2/c1-4-6-25(38)19-21-7-5-16-37(20(21)2)29-33-28(26(27(31)39)34-35-29)32-23-10-8-22(9-11-23)30(3)14-17-36(18-15-30)24-12-13-24/h8-11,20-21,24H,5,7,12-19H2,1-3H3,(H2,31,39)(H,32,33,35)/t20-,21+/m1/s1. The van der Waals surface area contributed by atoms with E-state index in [9.17, 15) is 9.59 Å². The number of nitrogens with one attached hydrogen (secondary N) is 1. The van der Waals surface area contributed by atoms with Gasteiger partial charge in [0.1, 0.15) is 0 Å². The van der Waals surface area contributed by atoms with Crippen LogP contribution in [-0.4, -0.2) is 63.5 Å². The zero-order chi connectivity index (χ0) is 27.6. The average Bonchev–Trinajstić information content (AvgIpc) is 3.76. The Morgan fingerprint density at radius 3 is 2.46 bits per heavy atom. The number of nitrogens with zero attached hydrogens (tertiary/aromatic N) is 5. The molecule has 206 valence electrons. The van der Waals surface area contributed by atoms with Gasteiger partial charge in [0.2, 0.25) is 11.7 Å². The number of likely N-dealkylation sites (tertiary alicyclic amines) is 1. The third-order valence-electron chi connectivity index (χ3n) is 8.84. The van der Waals surface area contributed by atoms with Crippen molar-refractivity contribution in [1.82, 2.24) is 20.1 Å². The molecular weight excluding hydrogens is 490 g/mol. The van der Waals surface area contributed by atoms with E-state index < -0.39 is 5.91 Å². The number of rotatable bonds is 8. The van der Waals surface area contributed by atoms with Gasteiger partial charge in [-0.15, -0.1) is 10.2 Å². The molecule has 1 amide bonds. The van der Waals surface area contributed by atoms with Gasteiger partial charge in [0, 0.05) is 30.7 Å². The number of nitrogens with two attached hydrogens (primary N) is 1. The van der Waals surface area contributed by atoms with E-state index in [1.54, 1.807) is 6.92 Å². The molecule has 3 aliphatic rings. The predicted octanol–water partition coefficient (Wildman–Crippen LogP) is 3.82. The quantitative estimate of drug-likeness (QED) is 0.392. The minimum Gasteiger partial charge on any atom is -0.364 e. The van der Waals surface area contributed by atoms with Gasteiger partial charge in [-0.3, -0.25) is 9.59 Å². The second kappa shape index (κ2) is 11.3. The fraction of sp³-hybridized carbons (Fsp3) is 0.567. The summed E-state index contributed by atoms with van der Waals surface area (Å²) >= 11 is 0. The summed E-state index contributed by atoms with van der Waals surface area (Å²) < 4.78 is 0. The maximum Gasteiger partial charge on any atom is 0.273 e. The summed E-state index contributed by atoms with van der Waals surface area (Å²) in [6.07, 6.45) is 7.28. The van der Waals surface area contributed by atoms with Crippen molar-refractivity contribution < 1.29 is 9.59 Å². The van der Waals surface area contributed by atoms with Gasteiger partial charge in [-0.05, 0) is 100 Å². The van der Waals surface area contributed by atoms with Crippen LogP contribution in [0.5, 0.6) is 0 Å². The van der Waals surface area contributed by atoms with E-state index >= 15 is 0 Å². The van der Waals surface area contributed by atoms with Gasteiger partial charge in [-0.1, -0.05) is 25.0 Å². The molecule has 2 aliphatic heterocycles. The van der Waals surface area contributed by atoms with Crippen molar-refractivity contribution in [2.24, 2.45) is 11.7 Å². The number of benzene rings is 1. The van der Waals surface area contributed by atoms with E-state index in [-0.39, 0.29) is 34.7 Å². The molecule has 0 radical (unpaired) electrons. The SMILES string of the molecule is CC#CC(=O)C[C@@H]1CCCN(c2nnc(C(N)=O)c(Nc3ccc(C4(C)CCN(C5CC5)CC4)cc3)n2)[C@@H]1C. The molecule has 0 spiro atoms. The van der Waals surface area contributed by atoms with Crippen LogP contribution in [-0.2, 0) is 10.2 Å². The summed E-state index contributed by atoms with van der Waals surface area (Å²) in [6, 6.07) is 9.25. The highest BCUT2D eigenvalue weighted by molar-refractivity contribution is 5.96. The minimum atomic E-state index is -0.691. The number of hydrogen-bond acceptors (Lipinski definition) is 8. The summed E-state index contributed by atoms with van der Waals surface area (Å²) in [5.41, 5.74) is 7.91. The molecule has 9 heteroatoms. The monoisotopic (exact) mass is 529 g/mol. The van der Waals surface area contributed by atoms with Crippen LogP contribution < -0.4 is 16.0 Å². The van der Waals surface area contributed by atoms with Gasteiger partial charge < -0.3 is 20.9 Å². The first-order chi connectivity index (χ1) is 18.8. The molecule has 2 saturated heterocycles. The van der Waals surface area contributed by atoms with Crippen LogP contribution in [0.25, 0.3) is 0 Å². The average molecular weight is 530 g/mol. The number of carbonyl (C=O) groups excluding carboxylic acids is 2. The van der Waals surface area contributed by atoms with Crippen molar-refractivity contribution in [3.05, 3.63) is 35.5 Å². The number of Topliss-reactive ketones (excluding diaryl/α,β-unsaturated/α-hetero) is 1. The van der Waals surface area contributed by atoms with E-state index in [4.69, 9.17) is 10.7 Å². The van der Waals surface area contributed by atoms with Gasteiger partial charge in [0.15, 0.2) is 11.5 Å².